The van der Waals surface area contributed by atoms with Crippen LogP contribution in [0.15, 0.2) is 12.1 Å². The average Bonchev–Trinajstić information content (AvgIpc) is 2.15. The predicted octanol–water partition coefficient (Wildman–Crippen LogP) is 0.746. The molecular weight excluding hydrogens is 162 g/mol. The van der Waals surface area contributed by atoms with E-state index in [1.165, 1.54) is 0 Å². The first-order valence-electron chi connectivity index (χ1n) is 4.27. The van der Waals surface area contributed by atoms with Crippen molar-refractivity contribution in [3.05, 3.63) is 23.5 Å². The molecule has 0 unspecified atom stereocenters. The van der Waals surface area contributed by atoms with Crippen molar-refractivity contribution in [2.24, 2.45) is 0 Å². The van der Waals surface area contributed by atoms with Crippen LogP contribution in [-0.4, -0.2) is 23.8 Å². The summed E-state index contributed by atoms with van der Waals surface area (Å²) < 4.78 is 0. The van der Waals surface area contributed by atoms with Crippen LogP contribution in [0.4, 0.5) is 0 Å². The normalized spacial score (nSPS) is 9.08. The Balaban J connectivity index is 2.52. The molecule has 1 rings (SSSR count). The van der Waals surface area contributed by atoms with Gasteiger partial charge in [0.2, 0.25) is 0 Å². The number of hydrogen-bond acceptors (Lipinski definition) is 3. The van der Waals surface area contributed by atoms with Crippen LogP contribution >= 0.6 is 0 Å². The van der Waals surface area contributed by atoms with Gasteiger partial charge in [-0.2, -0.15) is 5.10 Å². The molecule has 0 saturated carbocycles. The van der Waals surface area contributed by atoms with Gasteiger partial charge in [0, 0.05) is 13.0 Å². The molecule has 0 atom stereocenters. The highest BCUT2D eigenvalue weighted by molar-refractivity contribution is 5.26. The fourth-order valence-electron chi connectivity index (χ4n) is 0.806. The lowest BCUT2D eigenvalue weighted by molar-refractivity contribution is 0.818. The van der Waals surface area contributed by atoms with Crippen molar-refractivity contribution in [1.82, 2.24) is 15.5 Å². The molecule has 0 aliphatic rings. The highest BCUT2D eigenvalue weighted by Gasteiger charge is 1.87. The molecular formula is C10H13N3. The standard InChI is InChI=1S/C10H13N3/c1-9-6-7-10(13-12-9)5-3-4-8-11-2/h6-7,11H,4,8H2,1-2H3. The molecule has 1 heterocycles. The summed E-state index contributed by atoms with van der Waals surface area (Å²) in [5, 5.41) is 10.9. The summed E-state index contributed by atoms with van der Waals surface area (Å²) in [6.45, 7) is 2.82. The Hall–Kier alpha value is -1.40. The Labute approximate surface area is 78.6 Å². The molecule has 0 saturated heterocycles. The van der Waals surface area contributed by atoms with Crippen molar-refractivity contribution in [2.75, 3.05) is 13.6 Å². The third kappa shape index (κ3) is 3.68. The van der Waals surface area contributed by atoms with Gasteiger partial charge in [-0.1, -0.05) is 5.92 Å². The molecule has 1 aromatic heterocycles. The Bertz CT molecular complexity index is 305. The van der Waals surface area contributed by atoms with E-state index in [-0.39, 0.29) is 0 Å². The van der Waals surface area contributed by atoms with E-state index in [4.69, 9.17) is 0 Å². The summed E-state index contributed by atoms with van der Waals surface area (Å²) in [5.74, 6) is 5.95. The molecule has 0 spiro atoms. The van der Waals surface area contributed by atoms with E-state index in [0.717, 1.165) is 24.4 Å². The Morgan fingerprint density at radius 2 is 2.23 bits per heavy atom. The number of rotatable bonds is 2. The van der Waals surface area contributed by atoms with E-state index in [0.29, 0.717) is 0 Å². The van der Waals surface area contributed by atoms with Gasteiger partial charge in [-0.05, 0) is 32.0 Å². The van der Waals surface area contributed by atoms with Gasteiger partial charge in [0.15, 0.2) is 0 Å². The van der Waals surface area contributed by atoms with Crippen molar-refractivity contribution in [1.29, 1.82) is 0 Å². The van der Waals surface area contributed by atoms with E-state index in [1.807, 2.05) is 26.1 Å². The van der Waals surface area contributed by atoms with Crippen molar-refractivity contribution in [3.8, 4) is 11.8 Å². The van der Waals surface area contributed by atoms with Gasteiger partial charge in [0.1, 0.15) is 5.69 Å². The Morgan fingerprint density at radius 3 is 2.85 bits per heavy atom. The molecule has 1 aromatic rings. The Morgan fingerprint density at radius 1 is 1.38 bits per heavy atom. The summed E-state index contributed by atoms with van der Waals surface area (Å²) in [7, 11) is 1.91. The van der Waals surface area contributed by atoms with Gasteiger partial charge in [-0.15, -0.1) is 5.10 Å². The molecule has 0 fully saturated rings. The van der Waals surface area contributed by atoms with Gasteiger partial charge in [-0.3, -0.25) is 0 Å². The molecule has 0 aliphatic heterocycles. The molecule has 3 heteroatoms. The van der Waals surface area contributed by atoms with Crippen LogP contribution in [0.1, 0.15) is 17.8 Å². The van der Waals surface area contributed by atoms with E-state index in [2.05, 4.69) is 27.4 Å². The SMILES string of the molecule is CNCCC#Cc1ccc(C)nn1. The topological polar surface area (TPSA) is 37.8 Å². The van der Waals surface area contributed by atoms with E-state index in [9.17, 15) is 0 Å². The second kappa shape index (κ2) is 5.28. The third-order valence-electron chi connectivity index (χ3n) is 1.51. The lowest BCUT2D eigenvalue weighted by Gasteiger charge is -1.90. The van der Waals surface area contributed by atoms with Crippen molar-refractivity contribution < 1.29 is 0 Å². The van der Waals surface area contributed by atoms with Crippen LogP contribution in [-0.2, 0) is 0 Å². The molecule has 68 valence electrons. The lowest BCUT2D eigenvalue weighted by Crippen LogP contribution is -2.05. The van der Waals surface area contributed by atoms with Gasteiger partial charge in [-0.25, -0.2) is 0 Å². The van der Waals surface area contributed by atoms with Crippen LogP contribution in [0, 0.1) is 18.8 Å². The lowest BCUT2D eigenvalue weighted by atomic mass is 10.3. The third-order valence-corrected chi connectivity index (χ3v) is 1.51. The van der Waals surface area contributed by atoms with Gasteiger partial charge in [0.05, 0.1) is 5.69 Å². The summed E-state index contributed by atoms with van der Waals surface area (Å²) in [4.78, 5) is 0. The van der Waals surface area contributed by atoms with Crippen LogP contribution in [0.2, 0.25) is 0 Å². The second-order valence-electron chi connectivity index (χ2n) is 2.72. The van der Waals surface area contributed by atoms with E-state index in [1.54, 1.807) is 0 Å². The zero-order valence-electron chi connectivity index (χ0n) is 7.96. The Kier molecular flexibility index (Phi) is 3.94. The zero-order valence-corrected chi connectivity index (χ0v) is 7.96. The highest BCUT2D eigenvalue weighted by atomic mass is 15.1. The number of aryl methyl sites for hydroxylation is 1. The van der Waals surface area contributed by atoms with Crippen LogP contribution in [0.5, 0.6) is 0 Å². The maximum absolute atomic E-state index is 3.93. The molecule has 0 radical (unpaired) electrons. The first-order valence-corrected chi connectivity index (χ1v) is 4.27. The maximum Gasteiger partial charge on any atom is 0.135 e. The smallest absolute Gasteiger partial charge is 0.135 e. The molecule has 3 nitrogen and oxygen atoms in total. The minimum atomic E-state index is 0.738. The van der Waals surface area contributed by atoms with Gasteiger partial charge >= 0.3 is 0 Å². The first kappa shape index (κ1) is 9.69. The number of hydrogen-bond donors (Lipinski definition) is 1. The highest BCUT2D eigenvalue weighted by Crippen LogP contribution is 1.92. The number of nitrogens with one attached hydrogen (secondary N) is 1. The number of aromatic nitrogens is 2. The van der Waals surface area contributed by atoms with Crippen LogP contribution < -0.4 is 5.32 Å². The minimum Gasteiger partial charge on any atom is -0.319 e. The van der Waals surface area contributed by atoms with Crippen molar-refractivity contribution >= 4 is 0 Å². The molecule has 0 amide bonds. The predicted molar refractivity (Wildman–Crippen MR) is 52.2 cm³/mol. The van der Waals surface area contributed by atoms with Crippen molar-refractivity contribution in [3.63, 3.8) is 0 Å². The quantitative estimate of drug-likeness (QED) is 0.532. The monoisotopic (exact) mass is 175 g/mol. The van der Waals surface area contributed by atoms with Crippen LogP contribution in [0.25, 0.3) is 0 Å². The summed E-state index contributed by atoms with van der Waals surface area (Å²) >= 11 is 0. The average molecular weight is 175 g/mol. The molecule has 0 aromatic carbocycles. The number of nitrogens with zero attached hydrogens (tertiary/aromatic N) is 2. The van der Waals surface area contributed by atoms with E-state index < -0.39 is 0 Å². The summed E-state index contributed by atoms with van der Waals surface area (Å²) in [5.41, 5.74) is 1.66. The zero-order chi connectivity index (χ0) is 9.52. The fraction of sp³-hybridized carbons (Fsp3) is 0.400. The van der Waals surface area contributed by atoms with Gasteiger partial charge < -0.3 is 5.32 Å². The minimum absolute atomic E-state index is 0.738. The molecule has 0 bridgehead atoms. The molecule has 1 N–H and O–H groups in total. The largest absolute Gasteiger partial charge is 0.319 e. The first-order chi connectivity index (χ1) is 6.33. The van der Waals surface area contributed by atoms with Crippen molar-refractivity contribution in [2.45, 2.75) is 13.3 Å². The molecule has 13 heavy (non-hydrogen) atoms. The summed E-state index contributed by atoms with van der Waals surface area (Å²) in [6.07, 6.45) is 0.839. The van der Waals surface area contributed by atoms with Gasteiger partial charge in [0.25, 0.3) is 0 Å². The summed E-state index contributed by atoms with van der Waals surface area (Å²) in [6, 6.07) is 3.80. The maximum atomic E-state index is 3.93. The van der Waals surface area contributed by atoms with E-state index >= 15 is 0 Å². The van der Waals surface area contributed by atoms with Crippen LogP contribution in [0.3, 0.4) is 0 Å². The second-order valence-corrected chi connectivity index (χ2v) is 2.72. The molecule has 0 aliphatic carbocycles. The fourth-order valence-corrected chi connectivity index (χ4v) is 0.806.